The summed E-state index contributed by atoms with van der Waals surface area (Å²) in [6.45, 7) is 0.681. The monoisotopic (exact) mass is 438 g/mol. The molecule has 1 unspecified atom stereocenters. The van der Waals surface area contributed by atoms with Gasteiger partial charge in [-0.3, -0.25) is 14.5 Å². The lowest BCUT2D eigenvalue weighted by atomic mass is 9.86. The maximum absolute atomic E-state index is 8.94. The van der Waals surface area contributed by atoms with Crippen molar-refractivity contribution in [2.45, 2.75) is 16.8 Å². The fraction of sp³-hybridized carbons (Fsp3) is 0.136. The molecule has 4 aromatic rings. The van der Waals surface area contributed by atoms with Crippen molar-refractivity contribution >= 4 is 23.5 Å². The second-order valence-corrected chi connectivity index (χ2v) is 8.19. The Hall–Kier alpha value is -4.10. The zero-order valence-corrected chi connectivity index (χ0v) is 17.4. The summed E-state index contributed by atoms with van der Waals surface area (Å²) < 4.78 is 7.88. The van der Waals surface area contributed by atoms with Crippen LogP contribution in [-0.4, -0.2) is 42.7 Å². The Morgan fingerprint density at radius 1 is 1.12 bits per heavy atom. The molecule has 10 heteroatoms. The molecule has 32 heavy (non-hydrogen) atoms. The molecule has 0 saturated heterocycles. The molecule has 0 amide bonds. The fourth-order valence-corrected chi connectivity index (χ4v) is 4.67. The first-order valence-electron chi connectivity index (χ1n) is 9.87. The topological polar surface area (TPSA) is 119 Å². The summed E-state index contributed by atoms with van der Waals surface area (Å²) in [5.74, 6) is 2.32. The Balaban J connectivity index is 1.29. The lowest BCUT2D eigenvalue weighted by molar-refractivity contribution is 0.528. The highest BCUT2D eigenvalue weighted by Gasteiger charge is 2.33. The second kappa shape index (κ2) is 7.55. The van der Waals surface area contributed by atoms with Crippen molar-refractivity contribution in [2.75, 3.05) is 6.54 Å². The highest BCUT2D eigenvalue weighted by Crippen LogP contribution is 2.43. The summed E-state index contributed by atoms with van der Waals surface area (Å²) in [4.78, 5) is 8.74. The number of hydrogen-bond acceptors (Lipinski definition) is 9. The van der Waals surface area contributed by atoms with Crippen LogP contribution >= 0.6 is 11.8 Å². The van der Waals surface area contributed by atoms with Crippen molar-refractivity contribution in [3.63, 3.8) is 0 Å². The van der Waals surface area contributed by atoms with E-state index < -0.39 is 0 Å². The summed E-state index contributed by atoms with van der Waals surface area (Å²) in [7, 11) is 0. The molecule has 2 aliphatic heterocycles. The first kappa shape index (κ1) is 18.7. The van der Waals surface area contributed by atoms with Crippen molar-refractivity contribution in [3.05, 3.63) is 71.6 Å². The average Bonchev–Trinajstić information content (AvgIpc) is 3.51. The van der Waals surface area contributed by atoms with Gasteiger partial charge in [-0.05, 0) is 36.4 Å². The highest BCUT2D eigenvalue weighted by molar-refractivity contribution is 7.98. The summed E-state index contributed by atoms with van der Waals surface area (Å²) in [5, 5.41) is 26.9. The Bertz CT molecular complexity index is 1430. The molecule has 0 aliphatic carbocycles. The third-order valence-corrected chi connectivity index (χ3v) is 6.32. The number of pyridine rings is 1. The SMILES string of the molecule is N#Cc1ccc(-c2nnc(CSc3nnc4n3-c3ccncc3C3CN=CC=C43)o2)cc1. The van der Waals surface area contributed by atoms with E-state index in [2.05, 4.69) is 41.0 Å². The maximum atomic E-state index is 8.94. The number of aliphatic imine (C=N–C) groups is 1. The van der Waals surface area contributed by atoms with E-state index in [1.807, 2.05) is 24.6 Å². The van der Waals surface area contributed by atoms with Gasteiger partial charge in [0, 0.05) is 41.2 Å². The number of dihydropyridines is 1. The molecule has 3 aromatic heterocycles. The first-order chi connectivity index (χ1) is 15.8. The van der Waals surface area contributed by atoms with Crippen LogP contribution in [0.4, 0.5) is 0 Å². The van der Waals surface area contributed by atoms with E-state index in [9.17, 15) is 0 Å². The molecule has 9 nitrogen and oxygen atoms in total. The van der Waals surface area contributed by atoms with Crippen molar-refractivity contribution in [2.24, 2.45) is 4.99 Å². The van der Waals surface area contributed by atoms with Crippen LogP contribution in [0, 0.1) is 11.3 Å². The number of rotatable bonds is 4. The summed E-state index contributed by atoms with van der Waals surface area (Å²) in [6.07, 6.45) is 7.50. The minimum Gasteiger partial charge on any atom is -0.420 e. The van der Waals surface area contributed by atoms with Crippen molar-refractivity contribution < 1.29 is 4.42 Å². The van der Waals surface area contributed by atoms with Gasteiger partial charge in [-0.1, -0.05) is 11.8 Å². The van der Waals surface area contributed by atoms with Crippen molar-refractivity contribution in [1.82, 2.24) is 29.9 Å². The molecule has 1 atom stereocenters. The van der Waals surface area contributed by atoms with E-state index in [4.69, 9.17) is 9.68 Å². The van der Waals surface area contributed by atoms with E-state index in [0.717, 1.165) is 33.4 Å². The van der Waals surface area contributed by atoms with Crippen LogP contribution in [0.15, 0.2) is 63.4 Å². The molecule has 6 rings (SSSR count). The van der Waals surface area contributed by atoms with Gasteiger partial charge in [0.25, 0.3) is 0 Å². The van der Waals surface area contributed by atoms with Crippen molar-refractivity contribution in [1.29, 1.82) is 5.26 Å². The number of nitrogens with zero attached hydrogens (tertiary/aromatic N) is 8. The van der Waals surface area contributed by atoms with Gasteiger partial charge in [0.2, 0.25) is 11.8 Å². The lowest BCUT2D eigenvalue weighted by Crippen LogP contribution is -2.21. The number of benzene rings is 1. The summed E-state index contributed by atoms with van der Waals surface area (Å²) >= 11 is 1.48. The normalized spacial score (nSPS) is 16.0. The van der Waals surface area contributed by atoms with E-state index in [0.29, 0.717) is 29.6 Å². The predicted octanol–water partition coefficient (Wildman–Crippen LogP) is 3.44. The second-order valence-electron chi connectivity index (χ2n) is 7.24. The Kier molecular flexibility index (Phi) is 4.40. The van der Waals surface area contributed by atoms with E-state index in [1.54, 1.807) is 30.5 Å². The van der Waals surface area contributed by atoms with Gasteiger partial charge in [0.05, 0.1) is 29.6 Å². The van der Waals surface area contributed by atoms with Crippen LogP contribution in [-0.2, 0) is 5.75 Å². The van der Waals surface area contributed by atoms with Crippen LogP contribution < -0.4 is 0 Å². The van der Waals surface area contributed by atoms with Crippen LogP contribution in [0.5, 0.6) is 0 Å². The molecule has 0 saturated carbocycles. The number of hydrogen-bond donors (Lipinski definition) is 0. The van der Waals surface area contributed by atoms with Gasteiger partial charge in [-0.15, -0.1) is 20.4 Å². The summed E-state index contributed by atoms with van der Waals surface area (Å²) in [5.41, 5.74) is 4.58. The van der Waals surface area contributed by atoms with E-state index in [1.165, 1.54) is 11.8 Å². The molecular weight excluding hydrogens is 424 g/mol. The minimum absolute atomic E-state index is 0.143. The first-order valence-corrected chi connectivity index (χ1v) is 10.9. The molecule has 0 N–H and O–H groups in total. The molecule has 5 heterocycles. The third-order valence-electron chi connectivity index (χ3n) is 5.41. The Morgan fingerprint density at radius 2 is 2.03 bits per heavy atom. The molecule has 0 fully saturated rings. The number of fused-ring (bicyclic) bond motifs is 6. The average molecular weight is 438 g/mol. The fourth-order valence-electron chi connectivity index (χ4n) is 3.89. The highest BCUT2D eigenvalue weighted by atomic mass is 32.2. The Morgan fingerprint density at radius 3 is 2.91 bits per heavy atom. The van der Waals surface area contributed by atoms with Crippen LogP contribution in [0.3, 0.4) is 0 Å². The van der Waals surface area contributed by atoms with Crippen LogP contribution in [0.25, 0.3) is 22.7 Å². The number of aromatic nitrogens is 6. The van der Waals surface area contributed by atoms with Gasteiger partial charge >= 0.3 is 0 Å². The maximum Gasteiger partial charge on any atom is 0.247 e. The van der Waals surface area contributed by atoms with Crippen LogP contribution in [0.1, 0.15) is 28.8 Å². The number of nitriles is 1. The molecule has 154 valence electrons. The van der Waals surface area contributed by atoms with Gasteiger partial charge in [-0.2, -0.15) is 5.26 Å². The molecule has 2 aliphatic rings. The molecular formula is C22H14N8OS. The molecule has 1 aromatic carbocycles. The van der Waals surface area contributed by atoms with Crippen LogP contribution in [0.2, 0.25) is 0 Å². The zero-order chi connectivity index (χ0) is 21.5. The quantitative estimate of drug-likeness (QED) is 0.445. The smallest absolute Gasteiger partial charge is 0.247 e. The van der Waals surface area contributed by atoms with E-state index in [-0.39, 0.29) is 5.92 Å². The van der Waals surface area contributed by atoms with Crippen molar-refractivity contribution in [3.8, 4) is 23.2 Å². The number of thioether (sulfide) groups is 1. The molecule has 0 spiro atoms. The van der Waals surface area contributed by atoms with Gasteiger partial charge in [0.15, 0.2) is 11.0 Å². The van der Waals surface area contributed by atoms with Gasteiger partial charge in [0.1, 0.15) is 0 Å². The van der Waals surface area contributed by atoms with E-state index >= 15 is 0 Å². The minimum atomic E-state index is 0.143. The van der Waals surface area contributed by atoms with Gasteiger partial charge in [-0.25, -0.2) is 0 Å². The largest absolute Gasteiger partial charge is 0.420 e. The lowest BCUT2D eigenvalue weighted by Gasteiger charge is -2.29. The standard InChI is InChI=1S/C22H14N8OS/c23-9-13-1-3-14(4-2-13)21-28-26-19(31-21)12-32-22-29-27-20-15-5-7-24-10-16(15)17-11-25-8-6-18(17)30(20)22/h1-8,11,16H,10,12H2. The number of allylic oxidation sites excluding steroid dienone is 1. The predicted molar refractivity (Wildman–Crippen MR) is 117 cm³/mol. The zero-order valence-electron chi connectivity index (χ0n) is 16.6. The van der Waals surface area contributed by atoms with Gasteiger partial charge < -0.3 is 4.42 Å². The Labute approximate surface area is 186 Å². The molecule has 0 bridgehead atoms. The summed E-state index contributed by atoms with van der Waals surface area (Å²) in [6, 6.07) is 11.1. The third kappa shape index (κ3) is 3.02. The molecule has 0 radical (unpaired) electrons.